The van der Waals surface area contributed by atoms with Crippen LogP contribution in [0.5, 0.6) is 0 Å². The molecular formula is C19H34. The van der Waals surface area contributed by atoms with Crippen LogP contribution in [0, 0.1) is 11.8 Å². The van der Waals surface area contributed by atoms with Crippen LogP contribution in [0.3, 0.4) is 0 Å². The zero-order valence-corrected chi connectivity index (χ0v) is 13.1. The third kappa shape index (κ3) is 9.11. The monoisotopic (exact) mass is 262 g/mol. The van der Waals surface area contributed by atoms with Gasteiger partial charge >= 0.3 is 0 Å². The Balaban J connectivity index is 2.35. The molecule has 0 aromatic heterocycles. The predicted molar refractivity (Wildman–Crippen MR) is 86.4 cm³/mol. The van der Waals surface area contributed by atoms with Crippen molar-refractivity contribution in [2.75, 3.05) is 0 Å². The summed E-state index contributed by atoms with van der Waals surface area (Å²) in [6.07, 6.45) is 20.8. The predicted octanol–water partition coefficient (Wildman–Crippen LogP) is 6.66. The Hall–Kier alpha value is -0.480. The molecular weight excluding hydrogens is 228 g/mol. The van der Waals surface area contributed by atoms with Crippen LogP contribution in [0.2, 0.25) is 0 Å². The minimum Gasteiger partial charge on any atom is -0.133 e. The van der Waals surface area contributed by atoms with Gasteiger partial charge < -0.3 is 0 Å². The van der Waals surface area contributed by atoms with Crippen LogP contribution >= 0.6 is 0 Å². The van der Waals surface area contributed by atoms with Crippen LogP contribution in [0.4, 0.5) is 0 Å². The molecule has 0 heterocycles. The zero-order chi connectivity index (χ0) is 13.8. The number of hydrogen-bond acceptors (Lipinski definition) is 0. The van der Waals surface area contributed by atoms with Crippen molar-refractivity contribution in [1.82, 2.24) is 0 Å². The Morgan fingerprint density at radius 3 is 1.84 bits per heavy atom. The zero-order valence-electron chi connectivity index (χ0n) is 13.1. The molecule has 1 saturated carbocycles. The van der Waals surface area contributed by atoms with Crippen molar-refractivity contribution in [2.24, 2.45) is 11.8 Å². The SMILES string of the molecule is C=C=CC1CCCCCCCCCCC(C)CCC1. The van der Waals surface area contributed by atoms with E-state index in [1.165, 1.54) is 83.5 Å². The van der Waals surface area contributed by atoms with E-state index in [2.05, 4.69) is 25.3 Å². The van der Waals surface area contributed by atoms with Gasteiger partial charge in [0.05, 0.1) is 0 Å². The molecule has 0 spiro atoms. The first-order valence-electron chi connectivity index (χ1n) is 8.69. The normalized spacial score (nSPS) is 28.7. The number of hydrogen-bond donors (Lipinski definition) is 0. The Kier molecular flexibility index (Phi) is 9.91. The fourth-order valence-electron chi connectivity index (χ4n) is 3.31. The summed E-state index contributed by atoms with van der Waals surface area (Å²) < 4.78 is 0. The van der Waals surface area contributed by atoms with E-state index in [4.69, 9.17) is 0 Å². The summed E-state index contributed by atoms with van der Waals surface area (Å²) in [6, 6.07) is 0. The Morgan fingerprint density at radius 1 is 0.737 bits per heavy atom. The highest BCUT2D eigenvalue weighted by Gasteiger charge is 2.08. The Labute approximate surface area is 121 Å². The summed E-state index contributed by atoms with van der Waals surface area (Å²) in [4.78, 5) is 0. The van der Waals surface area contributed by atoms with Crippen molar-refractivity contribution in [1.29, 1.82) is 0 Å². The van der Waals surface area contributed by atoms with Crippen LogP contribution in [-0.4, -0.2) is 0 Å². The number of allylic oxidation sites excluding steroid dienone is 1. The highest BCUT2D eigenvalue weighted by Crippen LogP contribution is 2.23. The van der Waals surface area contributed by atoms with Crippen molar-refractivity contribution < 1.29 is 0 Å². The molecule has 0 radical (unpaired) electrons. The van der Waals surface area contributed by atoms with Crippen molar-refractivity contribution in [2.45, 2.75) is 90.4 Å². The molecule has 0 aromatic carbocycles. The van der Waals surface area contributed by atoms with E-state index in [0.717, 1.165) is 11.8 Å². The minimum atomic E-state index is 0.745. The van der Waals surface area contributed by atoms with Crippen molar-refractivity contribution in [3.05, 3.63) is 18.4 Å². The van der Waals surface area contributed by atoms with E-state index in [-0.39, 0.29) is 0 Å². The molecule has 1 aliphatic rings. The summed E-state index contributed by atoms with van der Waals surface area (Å²) in [7, 11) is 0. The molecule has 0 heteroatoms. The third-order valence-corrected chi connectivity index (χ3v) is 4.65. The molecule has 0 saturated heterocycles. The summed E-state index contributed by atoms with van der Waals surface area (Å²) >= 11 is 0. The second kappa shape index (κ2) is 11.4. The average Bonchev–Trinajstić information content (AvgIpc) is 2.40. The third-order valence-electron chi connectivity index (χ3n) is 4.65. The number of rotatable bonds is 1. The van der Waals surface area contributed by atoms with Gasteiger partial charge in [0.25, 0.3) is 0 Å². The van der Waals surface area contributed by atoms with Gasteiger partial charge in [0, 0.05) is 0 Å². The second-order valence-corrected chi connectivity index (χ2v) is 6.57. The quantitative estimate of drug-likeness (QED) is 0.463. The largest absolute Gasteiger partial charge is 0.133 e. The minimum absolute atomic E-state index is 0.745. The lowest BCUT2D eigenvalue weighted by Crippen LogP contribution is -2.00. The molecule has 2 atom stereocenters. The topological polar surface area (TPSA) is 0 Å². The van der Waals surface area contributed by atoms with E-state index in [9.17, 15) is 0 Å². The fourth-order valence-corrected chi connectivity index (χ4v) is 3.31. The van der Waals surface area contributed by atoms with Crippen LogP contribution in [0.25, 0.3) is 0 Å². The standard InChI is InChI=1S/C19H34/c1-3-13-19-16-11-9-7-5-4-6-8-10-14-18(2)15-12-17-19/h13,18-19H,1,4-12,14-17H2,2H3. The van der Waals surface area contributed by atoms with E-state index in [0.29, 0.717) is 0 Å². The summed E-state index contributed by atoms with van der Waals surface area (Å²) in [5.74, 6) is 1.67. The average molecular weight is 262 g/mol. The van der Waals surface area contributed by atoms with Crippen LogP contribution in [0.1, 0.15) is 90.4 Å². The molecule has 110 valence electrons. The molecule has 0 aromatic rings. The van der Waals surface area contributed by atoms with Gasteiger partial charge in [-0.05, 0) is 30.8 Å². The maximum absolute atomic E-state index is 3.76. The van der Waals surface area contributed by atoms with Gasteiger partial charge in [0.1, 0.15) is 0 Å². The molecule has 0 aliphatic heterocycles. The maximum Gasteiger partial charge on any atom is -0.0158 e. The van der Waals surface area contributed by atoms with E-state index < -0.39 is 0 Å². The molecule has 0 bridgehead atoms. The van der Waals surface area contributed by atoms with Gasteiger partial charge in [-0.3, -0.25) is 0 Å². The smallest absolute Gasteiger partial charge is 0.0158 e. The van der Waals surface area contributed by atoms with Crippen LogP contribution in [0.15, 0.2) is 18.4 Å². The van der Waals surface area contributed by atoms with Crippen molar-refractivity contribution >= 4 is 0 Å². The molecule has 1 aliphatic carbocycles. The van der Waals surface area contributed by atoms with Crippen LogP contribution < -0.4 is 0 Å². The summed E-state index contributed by atoms with van der Waals surface area (Å²) in [5, 5.41) is 0. The van der Waals surface area contributed by atoms with Gasteiger partial charge in [0.15, 0.2) is 0 Å². The lowest BCUT2D eigenvalue weighted by Gasteiger charge is -2.14. The molecule has 19 heavy (non-hydrogen) atoms. The van der Waals surface area contributed by atoms with Crippen LogP contribution in [-0.2, 0) is 0 Å². The molecule has 0 amide bonds. The van der Waals surface area contributed by atoms with Crippen molar-refractivity contribution in [3.63, 3.8) is 0 Å². The maximum atomic E-state index is 3.76. The molecule has 0 N–H and O–H groups in total. The van der Waals surface area contributed by atoms with Gasteiger partial charge in [-0.15, -0.1) is 5.73 Å². The lowest BCUT2D eigenvalue weighted by atomic mass is 9.91. The molecule has 1 rings (SSSR count). The first kappa shape index (κ1) is 16.6. The highest BCUT2D eigenvalue weighted by molar-refractivity contribution is 4.84. The van der Waals surface area contributed by atoms with E-state index in [1.807, 2.05) is 0 Å². The summed E-state index contributed by atoms with van der Waals surface area (Å²) in [5.41, 5.74) is 3.02. The fraction of sp³-hybridized carbons (Fsp3) is 0.842. The first-order valence-corrected chi connectivity index (χ1v) is 8.69. The first-order chi connectivity index (χ1) is 9.33. The van der Waals surface area contributed by atoms with E-state index >= 15 is 0 Å². The second-order valence-electron chi connectivity index (χ2n) is 6.57. The van der Waals surface area contributed by atoms with Gasteiger partial charge in [-0.25, -0.2) is 0 Å². The van der Waals surface area contributed by atoms with Gasteiger partial charge in [-0.1, -0.05) is 84.1 Å². The highest BCUT2D eigenvalue weighted by atomic mass is 14.1. The van der Waals surface area contributed by atoms with Gasteiger partial charge in [-0.2, -0.15) is 0 Å². The molecule has 1 fully saturated rings. The van der Waals surface area contributed by atoms with Gasteiger partial charge in [0.2, 0.25) is 0 Å². The van der Waals surface area contributed by atoms with Crippen molar-refractivity contribution in [3.8, 4) is 0 Å². The summed E-state index contributed by atoms with van der Waals surface area (Å²) in [6.45, 7) is 6.20. The molecule has 0 nitrogen and oxygen atoms in total. The Bertz CT molecular complexity index is 247. The molecule has 2 unspecified atom stereocenters. The lowest BCUT2D eigenvalue weighted by molar-refractivity contribution is 0.413. The van der Waals surface area contributed by atoms with E-state index in [1.54, 1.807) is 0 Å². The Morgan fingerprint density at radius 2 is 1.21 bits per heavy atom.